The Morgan fingerprint density at radius 2 is 1.97 bits per heavy atom. The third-order valence-electron chi connectivity index (χ3n) is 6.26. The molecule has 0 spiro atoms. The molecule has 0 atom stereocenters. The van der Waals surface area contributed by atoms with Crippen LogP contribution in [0, 0.1) is 12.8 Å². The summed E-state index contributed by atoms with van der Waals surface area (Å²) in [5.74, 6) is -0.0687. The first-order chi connectivity index (χ1) is 15.0. The van der Waals surface area contributed by atoms with Crippen LogP contribution in [0.4, 0.5) is 10.8 Å². The molecule has 32 heavy (non-hydrogen) atoms. The molecular formula is C22H28N4O4S2. The number of thiazole rings is 1. The highest BCUT2D eigenvalue weighted by atomic mass is 32.2. The van der Waals surface area contributed by atoms with Crippen molar-refractivity contribution < 1.29 is 18.0 Å². The van der Waals surface area contributed by atoms with Gasteiger partial charge in [-0.15, -0.1) is 11.3 Å². The smallest absolute Gasteiger partial charge is 0.246 e. The first kappa shape index (κ1) is 22.9. The molecule has 1 fully saturated rings. The number of carbonyl (C=O) groups is 2. The minimum Gasteiger partial charge on any atom is -0.302 e. The summed E-state index contributed by atoms with van der Waals surface area (Å²) in [6.45, 7) is 8.34. The molecule has 1 aromatic heterocycles. The molecule has 4 rings (SSSR count). The van der Waals surface area contributed by atoms with Crippen LogP contribution >= 0.6 is 11.3 Å². The van der Waals surface area contributed by atoms with E-state index in [9.17, 15) is 18.0 Å². The topological polar surface area (TPSA) is 99.7 Å². The van der Waals surface area contributed by atoms with Crippen molar-refractivity contribution in [2.24, 2.45) is 5.92 Å². The summed E-state index contributed by atoms with van der Waals surface area (Å²) >= 11 is 1.32. The molecule has 2 aliphatic heterocycles. The van der Waals surface area contributed by atoms with E-state index >= 15 is 0 Å². The van der Waals surface area contributed by atoms with Gasteiger partial charge in [0.2, 0.25) is 21.8 Å². The molecule has 10 heteroatoms. The Labute approximate surface area is 192 Å². The Morgan fingerprint density at radius 3 is 2.59 bits per heavy atom. The van der Waals surface area contributed by atoms with Crippen LogP contribution in [0.3, 0.4) is 0 Å². The number of piperidine rings is 1. The second-order valence-corrected chi connectivity index (χ2v) is 11.9. The maximum absolute atomic E-state index is 13.2. The van der Waals surface area contributed by atoms with Gasteiger partial charge >= 0.3 is 0 Å². The van der Waals surface area contributed by atoms with Crippen LogP contribution in [0.1, 0.15) is 44.9 Å². The summed E-state index contributed by atoms with van der Waals surface area (Å²) < 4.78 is 27.9. The predicted octanol–water partition coefficient (Wildman–Crippen LogP) is 3.14. The number of fused-ring (bicyclic) bond motifs is 1. The lowest BCUT2D eigenvalue weighted by atomic mass is 9.86. The number of amides is 2. The van der Waals surface area contributed by atoms with Crippen molar-refractivity contribution >= 4 is 44.0 Å². The quantitative estimate of drug-likeness (QED) is 0.715. The SMILES string of the molecule is Cc1csc(NC(=O)CN2C(=O)C(C)(C)c3cc(S(=O)(=O)N4CCC(C)CC4)ccc32)n1. The summed E-state index contributed by atoms with van der Waals surface area (Å²) in [6, 6.07) is 4.78. The third-order valence-corrected chi connectivity index (χ3v) is 9.03. The summed E-state index contributed by atoms with van der Waals surface area (Å²) in [7, 11) is -3.64. The molecule has 1 N–H and O–H groups in total. The highest BCUT2D eigenvalue weighted by molar-refractivity contribution is 7.89. The molecule has 0 bridgehead atoms. The van der Waals surface area contributed by atoms with E-state index < -0.39 is 15.4 Å². The average Bonchev–Trinajstić information content (AvgIpc) is 3.22. The summed E-state index contributed by atoms with van der Waals surface area (Å²) in [6.07, 6.45) is 1.69. The maximum Gasteiger partial charge on any atom is 0.246 e. The molecule has 1 saturated heterocycles. The zero-order valence-electron chi connectivity index (χ0n) is 18.7. The normalized spacial score (nSPS) is 19.2. The van der Waals surface area contributed by atoms with Crippen LogP contribution in [0.5, 0.6) is 0 Å². The molecule has 0 unspecified atom stereocenters. The number of benzene rings is 1. The van der Waals surface area contributed by atoms with Gasteiger partial charge in [-0.05, 0) is 63.3 Å². The first-order valence-corrected chi connectivity index (χ1v) is 13.0. The maximum atomic E-state index is 13.2. The molecule has 8 nitrogen and oxygen atoms in total. The Bertz CT molecular complexity index is 1160. The molecule has 2 aromatic rings. The van der Waals surface area contributed by atoms with Crippen LogP contribution in [0.25, 0.3) is 0 Å². The van der Waals surface area contributed by atoms with E-state index in [1.807, 2.05) is 12.3 Å². The minimum absolute atomic E-state index is 0.163. The minimum atomic E-state index is -3.64. The zero-order valence-corrected chi connectivity index (χ0v) is 20.3. The van der Waals surface area contributed by atoms with Gasteiger partial charge in [-0.1, -0.05) is 6.92 Å². The molecule has 2 aliphatic rings. The molecular weight excluding hydrogens is 448 g/mol. The van der Waals surface area contributed by atoms with E-state index in [2.05, 4.69) is 17.2 Å². The van der Waals surface area contributed by atoms with Crippen LogP contribution in [0.2, 0.25) is 0 Å². The fourth-order valence-electron chi connectivity index (χ4n) is 4.22. The van der Waals surface area contributed by atoms with E-state index in [0.717, 1.165) is 18.5 Å². The highest BCUT2D eigenvalue weighted by Crippen LogP contribution is 2.43. The number of aromatic nitrogens is 1. The van der Waals surface area contributed by atoms with Gasteiger partial charge in [0.05, 0.1) is 16.0 Å². The van der Waals surface area contributed by atoms with Crippen molar-refractivity contribution in [1.29, 1.82) is 0 Å². The van der Waals surface area contributed by atoms with Gasteiger partial charge in [-0.3, -0.25) is 9.59 Å². The Balaban J connectivity index is 1.60. The van der Waals surface area contributed by atoms with Crippen molar-refractivity contribution in [2.45, 2.75) is 50.8 Å². The third kappa shape index (κ3) is 4.06. The Morgan fingerprint density at radius 1 is 1.28 bits per heavy atom. The van der Waals surface area contributed by atoms with Gasteiger partial charge in [-0.2, -0.15) is 4.31 Å². The zero-order chi connectivity index (χ0) is 23.3. The van der Waals surface area contributed by atoms with E-state index in [0.29, 0.717) is 35.4 Å². The molecule has 2 amide bonds. The van der Waals surface area contributed by atoms with E-state index in [1.165, 1.54) is 26.6 Å². The van der Waals surface area contributed by atoms with Gasteiger partial charge in [0.1, 0.15) is 6.54 Å². The summed E-state index contributed by atoms with van der Waals surface area (Å²) in [5.41, 5.74) is 1.06. The van der Waals surface area contributed by atoms with Crippen LogP contribution in [-0.4, -0.2) is 49.2 Å². The van der Waals surface area contributed by atoms with Crippen molar-refractivity contribution in [1.82, 2.24) is 9.29 Å². The largest absolute Gasteiger partial charge is 0.302 e. The van der Waals surface area contributed by atoms with Gasteiger partial charge in [-0.25, -0.2) is 13.4 Å². The number of sulfonamides is 1. The lowest BCUT2D eigenvalue weighted by Gasteiger charge is -2.29. The molecule has 3 heterocycles. The second kappa shape index (κ2) is 8.24. The number of hydrogen-bond acceptors (Lipinski definition) is 6. The van der Waals surface area contributed by atoms with Crippen molar-refractivity contribution in [2.75, 3.05) is 29.9 Å². The van der Waals surface area contributed by atoms with Crippen molar-refractivity contribution in [3.63, 3.8) is 0 Å². The Hall–Kier alpha value is -2.30. The molecule has 0 saturated carbocycles. The number of rotatable bonds is 5. The van der Waals surface area contributed by atoms with Gasteiger partial charge in [0.15, 0.2) is 5.13 Å². The van der Waals surface area contributed by atoms with Gasteiger partial charge in [0, 0.05) is 24.2 Å². The van der Waals surface area contributed by atoms with Crippen LogP contribution in [0.15, 0.2) is 28.5 Å². The lowest BCUT2D eigenvalue weighted by molar-refractivity contribution is -0.124. The number of nitrogens with one attached hydrogen (secondary N) is 1. The second-order valence-electron chi connectivity index (χ2n) is 9.12. The van der Waals surface area contributed by atoms with Crippen LogP contribution in [-0.2, 0) is 25.0 Å². The number of nitrogens with zero attached hydrogens (tertiary/aromatic N) is 3. The first-order valence-electron chi connectivity index (χ1n) is 10.7. The van der Waals surface area contributed by atoms with Gasteiger partial charge < -0.3 is 10.2 Å². The molecule has 1 aromatic carbocycles. The molecule has 0 radical (unpaired) electrons. The van der Waals surface area contributed by atoms with E-state index in [1.54, 1.807) is 26.0 Å². The fourth-order valence-corrected chi connectivity index (χ4v) is 6.42. The monoisotopic (exact) mass is 476 g/mol. The summed E-state index contributed by atoms with van der Waals surface area (Å²) in [5, 5.41) is 5.04. The van der Waals surface area contributed by atoms with E-state index in [4.69, 9.17) is 0 Å². The standard InChI is InChI=1S/C22H28N4O4S2/c1-14-7-9-25(10-8-14)32(29,30)16-5-6-18-17(11-16)22(3,4)20(28)26(18)12-19(27)24-21-23-15(2)13-31-21/h5-6,11,13-14H,7-10,12H2,1-4H3,(H,23,24,27). The summed E-state index contributed by atoms with van der Waals surface area (Å²) in [4.78, 5) is 31.5. The fraction of sp³-hybridized carbons (Fsp3) is 0.500. The predicted molar refractivity (Wildman–Crippen MR) is 124 cm³/mol. The number of carbonyl (C=O) groups excluding carboxylic acids is 2. The number of hydrogen-bond donors (Lipinski definition) is 1. The van der Waals surface area contributed by atoms with Crippen LogP contribution < -0.4 is 10.2 Å². The molecule has 0 aliphatic carbocycles. The average molecular weight is 477 g/mol. The van der Waals surface area contributed by atoms with E-state index in [-0.39, 0.29) is 23.3 Å². The number of anilines is 2. The highest BCUT2D eigenvalue weighted by Gasteiger charge is 2.45. The van der Waals surface area contributed by atoms with Crippen molar-refractivity contribution in [3.8, 4) is 0 Å². The van der Waals surface area contributed by atoms with Crippen molar-refractivity contribution in [3.05, 3.63) is 34.8 Å². The molecule has 172 valence electrons. The lowest BCUT2D eigenvalue weighted by Crippen LogP contribution is -2.40. The number of aryl methyl sites for hydroxylation is 1. The Kier molecular flexibility index (Phi) is 5.89. The van der Waals surface area contributed by atoms with Gasteiger partial charge in [0.25, 0.3) is 0 Å².